The predicted molar refractivity (Wildman–Crippen MR) is 521 cm³/mol. The third kappa shape index (κ3) is 31.5. The number of phenolic OH excluding ortho intramolecular Hbond substituents is 1. The quantitative estimate of drug-likeness (QED) is 0.0223. The fraction of sp³-hybridized carbons (Fsp3) is 0.552. The standard InChI is InChI=1S/C96H137N23O21S/c1-9-11-27-75-89(133)108-67(38-54(3)4)86(130)113-73(84(128)103-47-80(100)123)51-141-52-81(124)105-70(39-56-31-33-60(120)34-32-56)92(136)114(6)55(5)83(127)111-72(44-79(99)122)95(139)118-37-21-30-76(118)90(134)110-69(42-59-46-101-53-104-59)88(132)107-66(26-18-20-36-98)94(138)119-49-61(121)43-78(119)91(135)109-68(40-57-45-102-64-24-15-13-22-62(57)64)87(131)106-65(25-17-19-35-97)85(129)112-71(93(137)116(8)77(28-12-10-2)96(140)115(75)7)41-58-48-117(50-82(125)126)74-29-16-14-23-63(58)74/h13-16,22-24,29,31-34,45-46,48,53-55,61,65-73,75-78,102,120-121H,9-12,17-21,25-28,30,35-44,47,49-52,97-98H2,1-8H3,(H2,99,122)(H2,100,123)(H,101,104)(H,103,128)(H,105,124)(H,106,131)(H,107,132)(H,108,133)(H,109,135)(H,110,134)(H,111,127)(H,112,129)(H,113,130)(H,125,126)/t55-,61?,65-,66-,67-,68-,69-,70-,71-,72-,73-,75-,76-,77-,78-/m0/s1. The fourth-order valence-corrected chi connectivity index (χ4v) is 18.6. The fourth-order valence-electron chi connectivity index (χ4n) is 17.8. The van der Waals surface area contributed by atoms with Crippen molar-refractivity contribution in [2.75, 3.05) is 65.4 Å². The van der Waals surface area contributed by atoms with Crippen molar-refractivity contribution in [1.29, 1.82) is 0 Å². The van der Waals surface area contributed by atoms with Gasteiger partial charge in [0.05, 0.1) is 31.1 Å². The summed E-state index contributed by atoms with van der Waals surface area (Å²) in [5.74, 6) is -18.3. The summed E-state index contributed by atoms with van der Waals surface area (Å²) in [5.41, 5.74) is 25.9. The average molecular weight is 1980 g/mol. The van der Waals surface area contributed by atoms with E-state index in [0.29, 0.717) is 82.7 Å². The smallest absolute Gasteiger partial charge is 0.323 e. The molecule has 3 aromatic carbocycles. The van der Waals surface area contributed by atoms with Gasteiger partial charge in [0.2, 0.25) is 100 Å². The summed E-state index contributed by atoms with van der Waals surface area (Å²) in [6, 6.07) is -2.06. The van der Waals surface area contributed by atoms with Crippen molar-refractivity contribution in [3.63, 3.8) is 0 Å². The normalized spacial score (nSPS) is 24.3. The van der Waals surface area contributed by atoms with Crippen LogP contribution in [0, 0.1) is 5.92 Å². The lowest BCUT2D eigenvalue weighted by Crippen LogP contribution is -2.61. The number of aliphatic carboxylic acids is 1. The van der Waals surface area contributed by atoms with Crippen LogP contribution < -0.4 is 76.1 Å². The maximum Gasteiger partial charge on any atom is 0.323 e. The molecule has 0 bridgehead atoms. The number of phenols is 1. The Bertz CT molecular complexity index is 5380. The van der Waals surface area contributed by atoms with Gasteiger partial charge in [0, 0.05) is 118 Å². The Morgan fingerprint density at radius 3 is 1.74 bits per heavy atom. The molecule has 6 heterocycles. The number of unbranched alkanes of at least 4 members (excludes halogenated alkanes) is 4. The number of carbonyl (C=O) groups is 18. The summed E-state index contributed by atoms with van der Waals surface area (Å²) < 4.78 is 1.45. The number of aromatic nitrogens is 4. The zero-order valence-corrected chi connectivity index (χ0v) is 81.8. The summed E-state index contributed by atoms with van der Waals surface area (Å²) in [4.78, 5) is 281. The number of benzene rings is 3. The van der Waals surface area contributed by atoms with E-state index in [-0.39, 0.29) is 115 Å². The highest BCUT2D eigenvalue weighted by atomic mass is 32.2. The number of aliphatic hydroxyl groups is 1. The lowest BCUT2D eigenvalue weighted by molar-refractivity contribution is -0.149. The molecule has 0 spiro atoms. The van der Waals surface area contributed by atoms with E-state index in [4.69, 9.17) is 22.9 Å². The molecule has 17 amide bonds. The van der Waals surface area contributed by atoms with Gasteiger partial charge in [-0.15, -0.1) is 11.8 Å². The van der Waals surface area contributed by atoms with Gasteiger partial charge in [-0.1, -0.05) is 102 Å². The van der Waals surface area contributed by atoms with Crippen molar-refractivity contribution in [2.45, 2.75) is 267 Å². The number of carboxylic acid groups (broad SMARTS) is 1. The SMILES string of the molecule is CCCC[C@H]1C(=O)N(C)[C@@H](CCCC)C(=O)N[C@@H](CC(C)C)C(=O)N[C@H](C(=O)NCC(N)=O)CSCC(=O)N[C@@H](Cc2ccc(O)cc2)C(=O)N(C)[C@@H](C)C(=O)N[C@@H](CC(N)=O)C(=O)N2CCC[C@H]2C(=O)N[C@@H](Cc2cnc[nH]2)C(=O)N[C@@H](CCCCN)C(=O)N2CC(O)C[C@H]2C(=O)N[C@@H](Cc2c[nH]c3ccccc23)C(=O)N[C@@H](CCCCN)C(=O)N[C@@H](Cc2cn(CC(=O)O)c3ccccc23)C(=O)N1C. The lowest BCUT2D eigenvalue weighted by Gasteiger charge is -2.36. The maximum atomic E-state index is 16.1. The number of hydrogen-bond donors (Lipinski definition) is 19. The van der Waals surface area contributed by atoms with Gasteiger partial charge in [0.1, 0.15) is 96.9 Å². The van der Waals surface area contributed by atoms with Gasteiger partial charge >= 0.3 is 5.97 Å². The topological polar surface area (TPSA) is 658 Å². The molecular formula is C96H137N23O21S. The van der Waals surface area contributed by atoms with Crippen LogP contribution in [0.25, 0.3) is 21.8 Å². The molecule has 45 heteroatoms. The van der Waals surface area contributed by atoms with Crippen LogP contribution in [0.2, 0.25) is 0 Å². The largest absolute Gasteiger partial charge is 0.508 e. The van der Waals surface area contributed by atoms with Crippen LogP contribution in [0.4, 0.5) is 0 Å². The molecule has 6 aromatic rings. The van der Waals surface area contributed by atoms with E-state index in [1.807, 2.05) is 13.8 Å². The number of aromatic amines is 2. The number of thioether (sulfide) groups is 1. The molecule has 9 rings (SSSR count). The van der Waals surface area contributed by atoms with Crippen molar-refractivity contribution in [3.05, 3.63) is 120 Å². The van der Waals surface area contributed by atoms with Crippen molar-refractivity contribution >= 4 is 140 Å². The van der Waals surface area contributed by atoms with Gasteiger partial charge in [-0.05, 0) is 138 Å². The van der Waals surface area contributed by atoms with Crippen LogP contribution in [0.15, 0.2) is 97.7 Å². The second-order valence-corrected chi connectivity index (χ2v) is 37.7. The van der Waals surface area contributed by atoms with E-state index in [9.17, 15) is 63.3 Å². The number of primary amides is 2. The van der Waals surface area contributed by atoms with Crippen LogP contribution in [-0.2, 0) is 119 Å². The number of aliphatic hydroxyl groups excluding tert-OH is 1. The molecule has 1 unspecified atom stereocenters. The molecule has 768 valence electrons. The van der Waals surface area contributed by atoms with E-state index >= 15 is 38.4 Å². The zero-order valence-electron chi connectivity index (χ0n) is 81.0. The van der Waals surface area contributed by atoms with Crippen molar-refractivity contribution in [2.24, 2.45) is 28.9 Å². The van der Waals surface area contributed by atoms with Crippen molar-refractivity contribution < 1.29 is 102 Å². The first kappa shape index (κ1) is 111. The number of carboxylic acids is 1. The monoisotopic (exact) mass is 1980 g/mol. The Morgan fingerprint density at radius 2 is 1.11 bits per heavy atom. The molecule has 3 aromatic heterocycles. The van der Waals surface area contributed by atoms with Gasteiger partial charge in [-0.3, -0.25) is 86.3 Å². The third-order valence-corrected chi connectivity index (χ3v) is 26.6. The molecule has 0 aliphatic carbocycles. The minimum atomic E-state index is -1.78. The number of likely N-dealkylation sites (N-methyl/N-ethyl adjacent to an activating group) is 3. The van der Waals surface area contributed by atoms with Crippen molar-refractivity contribution in [1.82, 2.24) is 97.2 Å². The molecule has 0 radical (unpaired) electrons. The first-order chi connectivity index (χ1) is 67.2. The highest BCUT2D eigenvalue weighted by Crippen LogP contribution is 2.29. The number of hydrogen-bond acceptors (Lipinski definition) is 24. The molecular weight excluding hydrogens is 1840 g/mol. The van der Waals surface area contributed by atoms with Crippen LogP contribution in [0.3, 0.4) is 0 Å². The highest BCUT2D eigenvalue weighted by molar-refractivity contribution is 8.00. The van der Waals surface area contributed by atoms with Gasteiger partial charge in [0.25, 0.3) is 0 Å². The number of amides is 17. The molecule has 3 aliphatic heterocycles. The average Bonchev–Trinajstić information content (AvgIpc) is 1.72. The molecule has 23 N–H and O–H groups in total. The van der Waals surface area contributed by atoms with Crippen LogP contribution in [0.5, 0.6) is 5.75 Å². The summed E-state index contributed by atoms with van der Waals surface area (Å²) in [6.07, 6.45) is 4.49. The summed E-state index contributed by atoms with van der Waals surface area (Å²) in [6.45, 7) is 6.92. The Morgan fingerprint density at radius 1 is 0.546 bits per heavy atom. The molecule has 15 atom stereocenters. The van der Waals surface area contributed by atoms with E-state index in [1.165, 1.54) is 80.5 Å². The highest BCUT2D eigenvalue weighted by Gasteiger charge is 2.47. The Labute approximate surface area is 821 Å². The zero-order chi connectivity index (χ0) is 103. The Balaban J connectivity index is 1.13. The summed E-state index contributed by atoms with van der Waals surface area (Å²) >= 11 is 0.787. The number of imidazole rings is 1. The number of nitrogens with two attached hydrogens (primary N) is 4. The number of H-pyrrole nitrogens is 2. The van der Waals surface area contributed by atoms with Gasteiger partial charge < -0.3 is 130 Å². The number of rotatable bonds is 31. The maximum absolute atomic E-state index is 16.1. The molecule has 3 fully saturated rings. The predicted octanol–water partition coefficient (Wildman–Crippen LogP) is -1.37. The second-order valence-electron chi connectivity index (χ2n) is 36.7. The number of para-hydroxylation sites is 2. The molecule has 44 nitrogen and oxygen atoms in total. The van der Waals surface area contributed by atoms with E-state index < -0.39 is 241 Å². The van der Waals surface area contributed by atoms with Crippen molar-refractivity contribution in [3.8, 4) is 5.75 Å². The van der Waals surface area contributed by atoms with E-state index in [2.05, 4.69) is 68.1 Å². The summed E-state index contributed by atoms with van der Waals surface area (Å²) in [5, 5.41) is 60.3. The Kier molecular flexibility index (Phi) is 42.3. The minimum absolute atomic E-state index is 0.00180. The summed E-state index contributed by atoms with van der Waals surface area (Å²) in [7, 11) is 3.94. The van der Waals surface area contributed by atoms with E-state index in [0.717, 1.165) is 31.4 Å². The number of fused-ring (bicyclic) bond motifs is 4. The minimum Gasteiger partial charge on any atom is -0.508 e. The molecule has 3 saturated heterocycles. The van der Waals surface area contributed by atoms with Crippen LogP contribution in [0.1, 0.15) is 166 Å². The molecule has 141 heavy (non-hydrogen) atoms. The lowest BCUT2D eigenvalue weighted by atomic mass is 9.99. The van der Waals surface area contributed by atoms with Crippen LogP contribution in [-0.4, -0.2) is 322 Å². The Hall–Kier alpha value is -13.6. The van der Waals surface area contributed by atoms with E-state index in [1.54, 1.807) is 68.6 Å². The third-order valence-electron chi connectivity index (χ3n) is 25.5. The first-order valence-corrected chi connectivity index (χ1v) is 49.1. The first-order valence-electron chi connectivity index (χ1n) is 48.0. The van der Waals surface area contributed by atoms with Gasteiger partial charge in [-0.2, -0.15) is 0 Å². The van der Waals surface area contributed by atoms with Gasteiger partial charge in [0.15, 0.2) is 0 Å². The number of nitrogens with zero attached hydrogens (tertiary/aromatic N) is 7. The second kappa shape index (κ2) is 53.7. The van der Waals surface area contributed by atoms with Crippen LogP contribution >= 0.6 is 11.8 Å². The number of carbonyl (C=O) groups excluding carboxylic acids is 17. The molecule has 0 saturated carbocycles. The van der Waals surface area contributed by atoms with Gasteiger partial charge in [-0.25, -0.2) is 4.98 Å². The molecule has 3 aliphatic rings. The number of nitrogens with one attached hydrogen (secondary N) is 12. The number of aromatic hydroxyl groups is 1.